The molecule has 2 aromatic rings. The van der Waals surface area contributed by atoms with Crippen LogP contribution in [0.3, 0.4) is 0 Å². The van der Waals surface area contributed by atoms with Gasteiger partial charge in [-0.05, 0) is 35.2 Å². The van der Waals surface area contributed by atoms with E-state index in [0.717, 1.165) is 18.4 Å². The molecule has 4 rings (SSSR count). The van der Waals surface area contributed by atoms with E-state index in [2.05, 4.69) is 10.2 Å². The summed E-state index contributed by atoms with van der Waals surface area (Å²) in [6.07, 6.45) is 2.28. The van der Waals surface area contributed by atoms with Crippen molar-refractivity contribution in [2.24, 2.45) is 0 Å². The topological polar surface area (TPSA) is 68.5 Å². The summed E-state index contributed by atoms with van der Waals surface area (Å²) in [4.78, 5) is 14.8. The molecule has 3 atom stereocenters. The Hall–Kier alpha value is -1.73. The quantitative estimate of drug-likeness (QED) is 0.861. The maximum Gasteiger partial charge on any atom is 0.227 e. The van der Waals surface area contributed by atoms with Gasteiger partial charge in [0.2, 0.25) is 17.7 Å². The molecule has 2 aliphatic heterocycles. The normalized spacial score (nSPS) is 27.2. The van der Waals surface area contributed by atoms with Crippen LogP contribution in [0.1, 0.15) is 36.1 Å². The predicted octanol–water partition coefficient (Wildman–Crippen LogP) is 2.16. The van der Waals surface area contributed by atoms with Crippen LogP contribution in [0.5, 0.6) is 0 Å². The van der Waals surface area contributed by atoms with Crippen molar-refractivity contribution in [1.29, 1.82) is 0 Å². The summed E-state index contributed by atoms with van der Waals surface area (Å²) >= 11 is 1.62. The van der Waals surface area contributed by atoms with Gasteiger partial charge in [-0.2, -0.15) is 11.3 Å². The number of carbonyl (C=O) groups is 1. The fourth-order valence-corrected chi connectivity index (χ4v) is 4.23. The van der Waals surface area contributed by atoms with E-state index in [0.29, 0.717) is 31.4 Å². The van der Waals surface area contributed by atoms with E-state index < -0.39 is 0 Å². The van der Waals surface area contributed by atoms with Crippen molar-refractivity contribution in [3.63, 3.8) is 0 Å². The maximum absolute atomic E-state index is 12.8. The predicted molar refractivity (Wildman–Crippen MR) is 84.3 cm³/mol. The number of piperidine rings is 1. The number of thiophene rings is 1. The number of rotatable bonds is 3. The van der Waals surface area contributed by atoms with Gasteiger partial charge in [0.25, 0.3) is 0 Å². The zero-order valence-electron chi connectivity index (χ0n) is 13.0. The first-order valence-corrected chi connectivity index (χ1v) is 8.87. The average Bonchev–Trinajstić information content (AvgIpc) is 3.26. The number of hydrogen-bond acceptors (Lipinski definition) is 6. The number of likely N-dealkylation sites (tertiary alicyclic amines) is 1. The lowest BCUT2D eigenvalue weighted by molar-refractivity contribution is -0.136. The first kappa shape index (κ1) is 14.8. The first-order chi connectivity index (χ1) is 11.2. The number of nitrogens with zero attached hydrogens (tertiary/aromatic N) is 3. The van der Waals surface area contributed by atoms with E-state index in [-0.39, 0.29) is 24.0 Å². The highest BCUT2D eigenvalue weighted by Gasteiger charge is 2.43. The Kier molecular flexibility index (Phi) is 3.90. The number of fused-ring (bicyclic) bond motifs is 1. The second kappa shape index (κ2) is 6.05. The molecular weight excluding hydrogens is 314 g/mol. The second-order valence-electron chi connectivity index (χ2n) is 6.21. The Bertz CT molecular complexity index is 685. The molecule has 23 heavy (non-hydrogen) atoms. The summed E-state index contributed by atoms with van der Waals surface area (Å²) < 4.78 is 11.4. The third-order valence-electron chi connectivity index (χ3n) is 4.66. The van der Waals surface area contributed by atoms with Crippen LogP contribution < -0.4 is 0 Å². The van der Waals surface area contributed by atoms with Crippen molar-refractivity contribution in [3.05, 3.63) is 34.2 Å². The highest BCUT2D eigenvalue weighted by atomic mass is 32.1. The minimum atomic E-state index is 0.0574. The summed E-state index contributed by atoms with van der Waals surface area (Å²) in [5.74, 6) is 1.39. The van der Waals surface area contributed by atoms with Crippen molar-refractivity contribution in [3.8, 4) is 0 Å². The number of amides is 1. The molecule has 0 aromatic carbocycles. The molecule has 2 fully saturated rings. The lowest BCUT2D eigenvalue weighted by atomic mass is 9.89. The molecule has 0 bridgehead atoms. The van der Waals surface area contributed by atoms with Gasteiger partial charge < -0.3 is 14.1 Å². The fraction of sp³-hybridized carbons (Fsp3) is 0.562. The van der Waals surface area contributed by atoms with Crippen LogP contribution in [-0.4, -0.2) is 46.3 Å². The zero-order valence-corrected chi connectivity index (χ0v) is 13.8. The van der Waals surface area contributed by atoms with Crippen molar-refractivity contribution in [2.75, 3.05) is 13.2 Å². The van der Waals surface area contributed by atoms with Gasteiger partial charge >= 0.3 is 0 Å². The molecule has 2 aromatic heterocycles. The van der Waals surface area contributed by atoms with Crippen LogP contribution in [-0.2, 0) is 16.0 Å². The largest absolute Gasteiger partial charge is 0.425 e. The zero-order chi connectivity index (χ0) is 15.8. The molecule has 0 saturated carbocycles. The van der Waals surface area contributed by atoms with Crippen LogP contribution in [0, 0.1) is 6.92 Å². The Balaban J connectivity index is 1.54. The number of carbonyl (C=O) groups excluding carboxylic acids is 1. The number of ether oxygens (including phenoxy) is 1. The minimum Gasteiger partial charge on any atom is -0.425 e. The molecule has 2 aliphatic rings. The van der Waals surface area contributed by atoms with Crippen LogP contribution in [0.2, 0.25) is 0 Å². The summed E-state index contributed by atoms with van der Waals surface area (Å²) in [6.45, 7) is 3.13. The van der Waals surface area contributed by atoms with Crippen molar-refractivity contribution < 1.29 is 13.9 Å². The van der Waals surface area contributed by atoms with Crippen LogP contribution in [0.4, 0.5) is 0 Å². The van der Waals surface area contributed by atoms with Gasteiger partial charge in [-0.25, -0.2) is 0 Å². The molecule has 0 aliphatic carbocycles. The number of aromatic nitrogens is 2. The van der Waals surface area contributed by atoms with Crippen LogP contribution in [0.25, 0.3) is 0 Å². The van der Waals surface area contributed by atoms with E-state index in [1.54, 1.807) is 18.3 Å². The van der Waals surface area contributed by atoms with Gasteiger partial charge in [0, 0.05) is 20.1 Å². The molecule has 0 spiro atoms. The number of aryl methyl sites for hydroxylation is 1. The Morgan fingerprint density at radius 2 is 2.39 bits per heavy atom. The smallest absolute Gasteiger partial charge is 0.227 e. The van der Waals surface area contributed by atoms with E-state index in [4.69, 9.17) is 9.15 Å². The molecular formula is C16H19N3O3S. The second-order valence-corrected chi connectivity index (χ2v) is 6.99. The highest BCUT2D eigenvalue weighted by molar-refractivity contribution is 7.07. The Morgan fingerprint density at radius 1 is 1.48 bits per heavy atom. The van der Waals surface area contributed by atoms with E-state index in [9.17, 15) is 4.79 Å². The van der Waals surface area contributed by atoms with Gasteiger partial charge in [0.05, 0.1) is 24.5 Å². The van der Waals surface area contributed by atoms with Gasteiger partial charge in [-0.15, -0.1) is 10.2 Å². The highest BCUT2D eigenvalue weighted by Crippen LogP contribution is 2.36. The molecule has 122 valence electrons. The van der Waals surface area contributed by atoms with Crippen molar-refractivity contribution in [1.82, 2.24) is 15.1 Å². The van der Waals surface area contributed by atoms with Crippen LogP contribution >= 0.6 is 11.3 Å². The lowest BCUT2D eigenvalue weighted by Crippen LogP contribution is -2.51. The summed E-state index contributed by atoms with van der Waals surface area (Å²) in [7, 11) is 0. The van der Waals surface area contributed by atoms with E-state index in [1.165, 1.54) is 0 Å². The molecule has 6 nitrogen and oxygen atoms in total. The van der Waals surface area contributed by atoms with E-state index in [1.807, 2.05) is 21.7 Å². The van der Waals surface area contributed by atoms with Gasteiger partial charge in [0.1, 0.15) is 0 Å². The van der Waals surface area contributed by atoms with Gasteiger partial charge in [0.15, 0.2) is 0 Å². The maximum atomic E-state index is 12.8. The Labute approximate surface area is 138 Å². The average molecular weight is 333 g/mol. The van der Waals surface area contributed by atoms with Gasteiger partial charge in [-0.1, -0.05) is 0 Å². The van der Waals surface area contributed by atoms with Crippen molar-refractivity contribution >= 4 is 17.2 Å². The third-order valence-corrected chi connectivity index (χ3v) is 5.39. The molecule has 7 heteroatoms. The monoisotopic (exact) mass is 333 g/mol. The van der Waals surface area contributed by atoms with E-state index >= 15 is 0 Å². The molecule has 0 unspecified atom stereocenters. The minimum absolute atomic E-state index is 0.0574. The summed E-state index contributed by atoms with van der Waals surface area (Å²) in [6, 6.07) is 2.19. The first-order valence-electron chi connectivity index (χ1n) is 7.93. The van der Waals surface area contributed by atoms with Gasteiger partial charge in [-0.3, -0.25) is 4.79 Å². The molecule has 1 amide bonds. The molecule has 0 radical (unpaired) electrons. The van der Waals surface area contributed by atoms with Crippen LogP contribution in [0.15, 0.2) is 21.2 Å². The lowest BCUT2D eigenvalue weighted by Gasteiger charge is -2.39. The molecule has 0 N–H and O–H groups in total. The number of hydrogen-bond donors (Lipinski definition) is 0. The standard InChI is InChI=1S/C16H19N3O3S/c1-10-17-18-16(22-10)12-7-14-13(2-4-21-14)19(8-12)15(20)6-11-3-5-23-9-11/h3,5,9,12-14H,2,4,6-8H2,1H3/t12-,13+,14+/m1/s1. The van der Waals surface area contributed by atoms with Crippen molar-refractivity contribution in [2.45, 2.75) is 44.2 Å². The molecule has 2 saturated heterocycles. The fourth-order valence-electron chi connectivity index (χ4n) is 3.56. The molecule has 4 heterocycles. The summed E-state index contributed by atoms with van der Waals surface area (Å²) in [5.41, 5.74) is 1.08. The third kappa shape index (κ3) is 2.90. The SMILES string of the molecule is Cc1nnc([C@@H]2C[C@@H]3OCC[C@@H]3N(C(=O)Cc3ccsc3)C2)o1. The summed E-state index contributed by atoms with van der Waals surface area (Å²) in [5, 5.41) is 12.1. The Morgan fingerprint density at radius 3 is 3.13 bits per heavy atom.